The molecule has 0 spiro atoms. The lowest BCUT2D eigenvalue weighted by Crippen LogP contribution is -2.25. The van der Waals surface area contributed by atoms with Crippen LogP contribution in [0.15, 0.2) is 41.3 Å². The van der Waals surface area contributed by atoms with E-state index in [-0.39, 0.29) is 22.4 Å². The molecule has 0 amide bonds. The molecule has 7 heteroatoms. The summed E-state index contributed by atoms with van der Waals surface area (Å²) in [5.74, 6) is 0.420. The molecule has 6 nitrogen and oxygen atoms in total. The average Bonchev–Trinajstić information content (AvgIpc) is 3.16. The van der Waals surface area contributed by atoms with Crippen LogP contribution in [0, 0.1) is 22.0 Å². The van der Waals surface area contributed by atoms with Gasteiger partial charge in [0.1, 0.15) is 5.60 Å². The average molecular weight is 337 g/mol. The highest BCUT2D eigenvalue weighted by molar-refractivity contribution is 7.86. The molecule has 2 fully saturated rings. The highest BCUT2D eigenvalue weighted by Gasteiger charge is 2.68. The third-order valence-electron chi connectivity index (χ3n) is 5.01. The van der Waals surface area contributed by atoms with Crippen molar-refractivity contribution in [2.75, 3.05) is 0 Å². The lowest BCUT2D eigenvalue weighted by Gasteiger charge is -2.19. The number of benzene rings is 1. The molecule has 2 aliphatic carbocycles. The summed E-state index contributed by atoms with van der Waals surface area (Å²) >= 11 is 0. The standard InChI is InChI=1S/C16H19NO5S/c1-11(2)16(14-5-3-4-6-15(14)16)22-23(20,21)13-9-7-12(8-10-13)17(18)19/h7-10,14-15H,1,3-6H2,2H3. The Balaban J connectivity index is 1.88. The first kappa shape index (κ1) is 16.1. The van der Waals surface area contributed by atoms with E-state index in [2.05, 4.69) is 6.58 Å². The van der Waals surface area contributed by atoms with Crippen molar-refractivity contribution in [3.63, 3.8) is 0 Å². The zero-order valence-corrected chi connectivity index (χ0v) is 13.7. The third-order valence-corrected chi connectivity index (χ3v) is 6.35. The Bertz CT molecular complexity index is 741. The molecular formula is C16H19NO5S. The Hall–Kier alpha value is -1.73. The normalized spacial score (nSPS) is 29.6. The highest BCUT2D eigenvalue weighted by Crippen LogP contribution is 2.64. The summed E-state index contributed by atoms with van der Waals surface area (Å²) in [4.78, 5) is 10.0. The molecule has 2 unspecified atom stereocenters. The van der Waals surface area contributed by atoms with Gasteiger partial charge in [0.2, 0.25) is 0 Å². The summed E-state index contributed by atoms with van der Waals surface area (Å²) in [5, 5.41) is 10.7. The molecule has 1 aromatic carbocycles. The molecule has 23 heavy (non-hydrogen) atoms. The van der Waals surface area contributed by atoms with Gasteiger partial charge < -0.3 is 0 Å². The Morgan fingerprint density at radius 1 is 1.26 bits per heavy atom. The quantitative estimate of drug-likeness (QED) is 0.355. The van der Waals surface area contributed by atoms with Gasteiger partial charge in [-0.2, -0.15) is 8.42 Å². The minimum absolute atomic E-state index is 0.0626. The molecule has 2 aliphatic rings. The van der Waals surface area contributed by atoms with Gasteiger partial charge in [-0.05, 0) is 49.3 Å². The Morgan fingerprint density at radius 2 is 1.78 bits per heavy atom. The number of nitro benzene ring substituents is 1. The second-order valence-corrected chi connectivity index (χ2v) is 7.91. The molecule has 0 bridgehead atoms. The first-order valence-corrected chi connectivity index (χ1v) is 9.06. The molecule has 3 rings (SSSR count). The second kappa shape index (κ2) is 5.42. The molecule has 2 saturated carbocycles. The van der Waals surface area contributed by atoms with Crippen molar-refractivity contribution >= 4 is 15.8 Å². The van der Waals surface area contributed by atoms with Crippen molar-refractivity contribution in [1.29, 1.82) is 0 Å². The maximum Gasteiger partial charge on any atom is 0.297 e. The van der Waals surface area contributed by atoms with Crippen molar-refractivity contribution in [2.24, 2.45) is 11.8 Å². The molecule has 1 aromatic rings. The lowest BCUT2D eigenvalue weighted by atomic mass is 10.0. The SMILES string of the molecule is C=C(C)C1(OS(=O)(=O)c2ccc([N+](=O)[O-])cc2)C2CCCCC21. The predicted octanol–water partition coefficient (Wildman–Crippen LogP) is 3.44. The van der Waals surface area contributed by atoms with E-state index >= 15 is 0 Å². The van der Waals surface area contributed by atoms with Crippen LogP contribution in [0.1, 0.15) is 32.6 Å². The van der Waals surface area contributed by atoms with Gasteiger partial charge in [0.25, 0.3) is 15.8 Å². The number of non-ortho nitro benzene ring substituents is 1. The van der Waals surface area contributed by atoms with Crippen LogP contribution >= 0.6 is 0 Å². The lowest BCUT2D eigenvalue weighted by molar-refractivity contribution is -0.384. The fourth-order valence-electron chi connectivity index (χ4n) is 3.86. The van der Waals surface area contributed by atoms with Gasteiger partial charge in [0, 0.05) is 12.1 Å². The summed E-state index contributed by atoms with van der Waals surface area (Å²) in [6.45, 7) is 5.76. The van der Waals surface area contributed by atoms with E-state index in [1.165, 1.54) is 24.3 Å². The summed E-state index contributed by atoms with van der Waals surface area (Å²) in [6, 6.07) is 4.77. The Kier molecular flexibility index (Phi) is 3.80. The first-order valence-electron chi connectivity index (χ1n) is 7.65. The van der Waals surface area contributed by atoms with Gasteiger partial charge >= 0.3 is 0 Å². The molecule has 0 radical (unpaired) electrons. The fraction of sp³-hybridized carbons (Fsp3) is 0.500. The minimum Gasteiger partial charge on any atom is -0.258 e. The summed E-state index contributed by atoms with van der Waals surface area (Å²) in [7, 11) is -3.98. The van der Waals surface area contributed by atoms with E-state index in [0.29, 0.717) is 0 Å². The largest absolute Gasteiger partial charge is 0.297 e. The first-order chi connectivity index (χ1) is 10.8. The fourth-order valence-corrected chi connectivity index (χ4v) is 5.18. The van der Waals surface area contributed by atoms with Gasteiger partial charge in [-0.25, -0.2) is 0 Å². The van der Waals surface area contributed by atoms with Crippen LogP contribution in [0.25, 0.3) is 0 Å². The monoisotopic (exact) mass is 337 g/mol. The topological polar surface area (TPSA) is 86.5 Å². The van der Waals surface area contributed by atoms with E-state index in [1.54, 1.807) is 0 Å². The molecule has 0 aliphatic heterocycles. The van der Waals surface area contributed by atoms with Crippen LogP contribution in [-0.2, 0) is 14.3 Å². The molecule has 124 valence electrons. The number of hydrogen-bond donors (Lipinski definition) is 0. The molecular weight excluding hydrogens is 318 g/mol. The maximum absolute atomic E-state index is 12.6. The van der Waals surface area contributed by atoms with Crippen molar-refractivity contribution < 1.29 is 17.5 Å². The van der Waals surface area contributed by atoms with Gasteiger partial charge in [0.05, 0.1) is 9.82 Å². The van der Waals surface area contributed by atoms with E-state index in [1.807, 2.05) is 6.92 Å². The maximum atomic E-state index is 12.6. The van der Waals surface area contributed by atoms with Gasteiger partial charge in [-0.1, -0.05) is 19.4 Å². The molecule has 2 atom stereocenters. The number of fused-ring (bicyclic) bond motifs is 1. The van der Waals surface area contributed by atoms with Crippen molar-refractivity contribution in [1.82, 2.24) is 0 Å². The number of nitrogens with zero attached hydrogens (tertiary/aromatic N) is 1. The van der Waals surface area contributed by atoms with Crippen molar-refractivity contribution in [2.45, 2.75) is 43.1 Å². The zero-order chi connectivity index (χ0) is 16.8. The summed E-state index contributed by atoms with van der Waals surface area (Å²) in [6.07, 6.45) is 4.06. The Morgan fingerprint density at radius 3 is 2.22 bits per heavy atom. The molecule has 0 N–H and O–H groups in total. The number of rotatable bonds is 5. The number of hydrogen-bond acceptors (Lipinski definition) is 5. The van der Waals surface area contributed by atoms with Crippen LogP contribution in [0.2, 0.25) is 0 Å². The molecule has 0 heterocycles. The predicted molar refractivity (Wildman–Crippen MR) is 84.4 cm³/mol. The number of nitro groups is 1. The molecule has 0 saturated heterocycles. The highest BCUT2D eigenvalue weighted by atomic mass is 32.2. The zero-order valence-electron chi connectivity index (χ0n) is 12.9. The van der Waals surface area contributed by atoms with E-state index in [4.69, 9.17) is 4.18 Å². The van der Waals surface area contributed by atoms with Crippen LogP contribution < -0.4 is 0 Å². The Labute approximate surface area is 135 Å². The summed E-state index contributed by atoms with van der Waals surface area (Å²) in [5.41, 5.74) is -0.213. The van der Waals surface area contributed by atoms with E-state index < -0.39 is 20.6 Å². The third kappa shape index (κ3) is 2.57. The van der Waals surface area contributed by atoms with Crippen molar-refractivity contribution in [3.05, 3.63) is 46.5 Å². The van der Waals surface area contributed by atoms with E-state index in [9.17, 15) is 18.5 Å². The second-order valence-electron chi connectivity index (χ2n) is 6.36. The van der Waals surface area contributed by atoms with Crippen LogP contribution in [0.5, 0.6) is 0 Å². The van der Waals surface area contributed by atoms with E-state index in [0.717, 1.165) is 31.3 Å². The van der Waals surface area contributed by atoms with Crippen LogP contribution in [0.3, 0.4) is 0 Å². The van der Waals surface area contributed by atoms with Gasteiger partial charge in [-0.3, -0.25) is 14.3 Å². The smallest absolute Gasteiger partial charge is 0.258 e. The van der Waals surface area contributed by atoms with Crippen LogP contribution in [0.4, 0.5) is 5.69 Å². The van der Waals surface area contributed by atoms with Crippen molar-refractivity contribution in [3.8, 4) is 0 Å². The van der Waals surface area contributed by atoms with Gasteiger partial charge in [-0.15, -0.1) is 0 Å². The minimum atomic E-state index is -3.98. The van der Waals surface area contributed by atoms with Crippen LogP contribution in [-0.4, -0.2) is 18.9 Å². The van der Waals surface area contributed by atoms with Gasteiger partial charge in [0.15, 0.2) is 0 Å². The molecule has 0 aromatic heterocycles. The summed E-state index contributed by atoms with van der Waals surface area (Å²) < 4.78 is 30.8.